The molecule has 2 rings (SSSR count). The summed E-state index contributed by atoms with van der Waals surface area (Å²) in [6.07, 6.45) is 1.96. The third kappa shape index (κ3) is 4.12. The maximum atomic E-state index is 12.4. The van der Waals surface area contributed by atoms with E-state index in [0.29, 0.717) is 22.9 Å². The fourth-order valence-corrected chi connectivity index (χ4v) is 3.21. The molecule has 0 saturated carbocycles. The second-order valence-corrected chi connectivity index (χ2v) is 7.28. The van der Waals surface area contributed by atoms with Gasteiger partial charge in [0.25, 0.3) is 0 Å². The average molecular weight is 329 g/mol. The molecule has 2 N–H and O–H groups in total. The summed E-state index contributed by atoms with van der Waals surface area (Å²) in [6.45, 7) is 5.71. The molecule has 0 radical (unpaired) electrons. The van der Waals surface area contributed by atoms with E-state index >= 15 is 0 Å². The first-order valence-corrected chi connectivity index (χ1v) is 8.02. The number of piperidine rings is 1. The van der Waals surface area contributed by atoms with Crippen molar-refractivity contribution >= 4 is 29.1 Å². The van der Waals surface area contributed by atoms with Gasteiger partial charge in [0, 0.05) is 35.6 Å². The number of benzene rings is 1. The zero-order valence-electron chi connectivity index (χ0n) is 12.5. The van der Waals surface area contributed by atoms with E-state index in [4.69, 9.17) is 28.9 Å². The van der Waals surface area contributed by atoms with E-state index in [1.165, 1.54) is 0 Å². The molecular weight excluding hydrogens is 307 g/mol. The molecule has 0 spiro atoms. The summed E-state index contributed by atoms with van der Waals surface area (Å²) in [5.41, 5.74) is 7.04. The van der Waals surface area contributed by atoms with E-state index in [1.807, 2.05) is 11.0 Å². The average Bonchev–Trinajstić information content (AvgIpc) is 2.40. The van der Waals surface area contributed by atoms with Gasteiger partial charge in [-0.05, 0) is 36.0 Å². The van der Waals surface area contributed by atoms with Crippen LogP contribution in [-0.2, 0) is 11.2 Å². The minimum atomic E-state index is -0.0220. The lowest BCUT2D eigenvalue weighted by Crippen LogP contribution is -2.54. The highest BCUT2D eigenvalue weighted by molar-refractivity contribution is 6.35. The van der Waals surface area contributed by atoms with Gasteiger partial charge in [0.1, 0.15) is 0 Å². The van der Waals surface area contributed by atoms with Gasteiger partial charge >= 0.3 is 0 Å². The van der Waals surface area contributed by atoms with Crippen LogP contribution in [0, 0.1) is 5.41 Å². The van der Waals surface area contributed by atoms with Crippen LogP contribution in [-0.4, -0.2) is 29.9 Å². The van der Waals surface area contributed by atoms with Gasteiger partial charge in [-0.1, -0.05) is 43.1 Å². The van der Waals surface area contributed by atoms with Crippen LogP contribution in [0.25, 0.3) is 0 Å². The van der Waals surface area contributed by atoms with Crippen LogP contribution >= 0.6 is 23.2 Å². The highest BCUT2D eigenvalue weighted by atomic mass is 35.5. The van der Waals surface area contributed by atoms with Crippen LogP contribution in [0.5, 0.6) is 0 Å². The number of amides is 1. The van der Waals surface area contributed by atoms with Crippen molar-refractivity contribution in [2.45, 2.75) is 39.2 Å². The maximum absolute atomic E-state index is 12.4. The first-order valence-electron chi connectivity index (χ1n) is 7.27. The molecule has 5 heteroatoms. The lowest BCUT2D eigenvalue weighted by atomic mass is 9.79. The van der Waals surface area contributed by atoms with Gasteiger partial charge in [0.15, 0.2) is 0 Å². The van der Waals surface area contributed by atoms with Crippen molar-refractivity contribution in [3.8, 4) is 0 Å². The van der Waals surface area contributed by atoms with Crippen molar-refractivity contribution in [3.05, 3.63) is 33.8 Å². The van der Waals surface area contributed by atoms with E-state index in [9.17, 15) is 4.79 Å². The van der Waals surface area contributed by atoms with Crippen LogP contribution in [0.2, 0.25) is 10.0 Å². The second-order valence-electron chi connectivity index (χ2n) is 6.43. The molecule has 1 heterocycles. The van der Waals surface area contributed by atoms with Crippen LogP contribution in [0.3, 0.4) is 0 Å². The number of carbonyl (C=O) groups is 1. The van der Waals surface area contributed by atoms with Gasteiger partial charge in [0.2, 0.25) is 5.91 Å². The predicted octanol–water partition coefficient (Wildman–Crippen LogP) is 3.51. The van der Waals surface area contributed by atoms with Gasteiger partial charge < -0.3 is 10.6 Å². The first-order chi connectivity index (χ1) is 9.79. The summed E-state index contributed by atoms with van der Waals surface area (Å²) in [6, 6.07) is 5.56. The number of rotatable bonds is 3. The van der Waals surface area contributed by atoms with Gasteiger partial charge in [-0.3, -0.25) is 4.79 Å². The van der Waals surface area contributed by atoms with Crippen molar-refractivity contribution in [2.24, 2.45) is 11.1 Å². The molecule has 1 atom stereocenters. The molecule has 1 aromatic carbocycles. The number of likely N-dealkylation sites (tertiary alicyclic amines) is 1. The van der Waals surface area contributed by atoms with Crippen molar-refractivity contribution in [1.82, 2.24) is 4.90 Å². The van der Waals surface area contributed by atoms with Gasteiger partial charge in [0.05, 0.1) is 0 Å². The molecular formula is C16H22Cl2N2O. The lowest BCUT2D eigenvalue weighted by molar-refractivity contribution is -0.134. The molecule has 0 aromatic heterocycles. The Morgan fingerprint density at radius 2 is 2.14 bits per heavy atom. The molecule has 1 saturated heterocycles. The molecule has 1 unspecified atom stereocenters. The van der Waals surface area contributed by atoms with Gasteiger partial charge in [-0.15, -0.1) is 0 Å². The third-order valence-electron chi connectivity index (χ3n) is 4.29. The first kappa shape index (κ1) is 16.6. The number of hydrogen-bond donors (Lipinski definition) is 1. The van der Waals surface area contributed by atoms with Crippen molar-refractivity contribution in [3.63, 3.8) is 0 Å². The largest absolute Gasteiger partial charge is 0.342 e. The predicted molar refractivity (Wildman–Crippen MR) is 87.7 cm³/mol. The van der Waals surface area contributed by atoms with Crippen LogP contribution in [0.1, 0.15) is 32.3 Å². The van der Waals surface area contributed by atoms with E-state index in [0.717, 1.165) is 25.1 Å². The molecule has 3 nitrogen and oxygen atoms in total. The Morgan fingerprint density at radius 1 is 1.43 bits per heavy atom. The summed E-state index contributed by atoms with van der Waals surface area (Å²) in [5.74, 6) is 0.168. The molecule has 21 heavy (non-hydrogen) atoms. The number of nitrogens with zero attached hydrogens (tertiary/aromatic N) is 1. The fraction of sp³-hybridized carbons (Fsp3) is 0.562. The number of carbonyl (C=O) groups excluding carboxylic acids is 1. The summed E-state index contributed by atoms with van der Waals surface area (Å²) in [5, 5.41) is 1.23. The summed E-state index contributed by atoms with van der Waals surface area (Å²) < 4.78 is 0. The minimum absolute atomic E-state index is 0.0220. The molecule has 1 aliphatic heterocycles. The number of halogens is 2. The summed E-state index contributed by atoms with van der Waals surface area (Å²) in [7, 11) is 0. The molecule has 116 valence electrons. The Bertz CT molecular complexity index is 531. The smallest absolute Gasteiger partial charge is 0.222 e. The lowest BCUT2D eigenvalue weighted by Gasteiger charge is -2.42. The Morgan fingerprint density at radius 3 is 2.76 bits per heavy atom. The van der Waals surface area contributed by atoms with Gasteiger partial charge in [-0.2, -0.15) is 0 Å². The Balaban J connectivity index is 1.93. The quantitative estimate of drug-likeness (QED) is 0.922. The SMILES string of the molecule is CC1(C)CN(C(=O)CCc2ccc(Cl)cc2Cl)CCC1N. The fourth-order valence-electron chi connectivity index (χ4n) is 2.71. The summed E-state index contributed by atoms with van der Waals surface area (Å²) >= 11 is 12.0. The zero-order chi connectivity index (χ0) is 15.6. The van der Waals surface area contributed by atoms with Crippen LogP contribution in [0.15, 0.2) is 18.2 Å². The molecule has 0 aliphatic carbocycles. The van der Waals surface area contributed by atoms with E-state index in [1.54, 1.807) is 12.1 Å². The third-order valence-corrected chi connectivity index (χ3v) is 4.88. The van der Waals surface area contributed by atoms with Crippen LogP contribution < -0.4 is 5.73 Å². The Kier molecular flexibility index (Phi) is 5.18. The molecule has 1 amide bonds. The molecule has 0 bridgehead atoms. The number of nitrogens with two attached hydrogens (primary N) is 1. The molecule has 1 fully saturated rings. The number of aryl methyl sites for hydroxylation is 1. The van der Waals surface area contributed by atoms with E-state index in [2.05, 4.69) is 13.8 Å². The maximum Gasteiger partial charge on any atom is 0.222 e. The van der Waals surface area contributed by atoms with Gasteiger partial charge in [-0.25, -0.2) is 0 Å². The monoisotopic (exact) mass is 328 g/mol. The van der Waals surface area contributed by atoms with E-state index < -0.39 is 0 Å². The number of hydrogen-bond acceptors (Lipinski definition) is 2. The summed E-state index contributed by atoms with van der Waals surface area (Å²) in [4.78, 5) is 14.3. The molecule has 1 aromatic rings. The second kappa shape index (κ2) is 6.55. The van der Waals surface area contributed by atoms with Crippen molar-refractivity contribution in [2.75, 3.05) is 13.1 Å². The Labute approximate surface area is 136 Å². The standard InChI is InChI=1S/C16H22Cl2N2O/c1-16(2)10-20(8-7-14(16)19)15(21)6-4-11-3-5-12(17)9-13(11)18/h3,5,9,14H,4,6-8,10,19H2,1-2H3. The van der Waals surface area contributed by atoms with E-state index in [-0.39, 0.29) is 17.4 Å². The van der Waals surface area contributed by atoms with Crippen LogP contribution in [0.4, 0.5) is 0 Å². The van der Waals surface area contributed by atoms with Crippen molar-refractivity contribution in [1.29, 1.82) is 0 Å². The van der Waals surface area contributed by atoms with Crippen molar-refractivity contribution < 1.29 is 4.79 Å². The Hall–Kier alpha value is -0.770. The highest BCUT2D eigenvalue weighted by Crippen LogP contribution is 2.28. The topological polar surface area (TPSA) is 46.3 Å². The molecule has 1 aliphatic rings. The normalized spacial score (nSPS) is 21.4. The zero-order valence-corrected chi connectivity index (χ0v) is 14.0. The minimum Gasteiger partial charge on any atom is -0.342 e. The highest BCUT2D eigenvalue weighted by Gasteiger charge is 2.35.